The summed E-state index contributed by atoms with van der Waals surface area (Å²) in [4.78, 5) is 11.2. The quantitative estimate of drug-likeness (QED) is 0.821. The first-order valence-corrected chi connectivity index (χ1v) is 6.67. The van der Waals surface area contributed by atoms with Crippen molar-refractivity contribution >= 4 is 21.9 Å². The van der Waals surface area contributed by atoms with Gasteiger partial charge in [0, 0.05) is 16.9 Å². The van der Waals surface area contributed by atoms with Crippen LogP contribution in [0.5, 0.6) is 0 Å². The normalized spacial score (nSPS) is 12.2. The summed E-state index contributed by atoms with van der Waals surface area (Å²) in [5, 5.41) is 0. The highest BCUT2D eigenvalue weighted by molar-refractivity contribution is 9.10. The van der Waals surface area contributed by atoms with Crippen molar-refractivity contribution in [3.8, 4) is 0 Å². The van der Waals surface area contributed by atoms with Crippen molar-refractivity contribution in [1.82, 2.24) is 0 Å². The van der Waals surface area contributed by atoms with Crippen molar-refractivity contribution in [2.75, 3.05) is 6.61 Å². The Labute approximate surface area is 115 Å². The smallest absolute Gasteiger partial charge is 0.305 e. The highest BCUT2D eigenvalue weighted by Crippen LogP contribution is 2.17. The molecule has 0 bridgehead atoms. The molecule has 0 fully saturated rings. The van der Waals surface area contributed by atoms with Crippen molar-refractivity contribution in [2.24, 2.45) is 5.73 Å². The minimum absolute atomic E-state index is 0.245. The molecule has 0 saturated heterocycles. The molecular weight excluding hydrogens is 301 g/mol. The molecule has 0 aliphatic rings. The van der Waals surface area contributed by atoms with Gasteiger partial charge in [0.1, 0.15) is 5.82 Å². The van der Waals surface area contributed by atoms with Crippen LogP contribution in [-0.2, 0) is 16.0 Å². The maximum atomic E-state index is 13.6. The number of nitrogens with two attached hydrogens (primary N) is 1. The summed E-state index contributed by atoms with van der Waals surface area (Å²) in [7, 11) is 0. The summed E-state index contributed by atoms with van der Waals surface area (Å²) in [6.07, 6.45) is 1.18. The molecule has 0 aliphatic carbocycles. The van der Waals surface area contributed by atoms with Crippen LogP contribution in [-0.4, -0.2) is 18.6 Å². The van der Waals surface area contributed by atoms with Gasteiger partial charge in [0.05, 0.1) is 6.61 Å². The third-order valence-corrected chi connectivity index (χ3v) is 3.02. The second-order valence-corrected chi connectivity index (χ2v) is 4.96. The zero-order valence-electron chi connectivity index (χ0n) is 10.3. The molecule has 0 radical (unpaired) electrons. The Balaban J connectivity index is 2.44. The second kappa shape index (κ2) is 7.48. The van der Waals surface area contributed by atoms with Crippen molar-refractivity contribution in [3.05, 3.63) is 34.1 Å². The van der Waals surface area contributed by atoms with Crippen molar-refractivity contribution in [3.63, 3.8) is 0 Å². The van der Waals surface area contributed by atoms with Crippen LogP contribution >= 0.6 is 15.9 Å². The number of hydrogen-bond acceptors (Lipinski definition) is 3. The molecule has 0 amide bonds. The van der Waals surface area contributed by atoms with Crippen LogP contribution < -0.4 is 5.73 Å². The van der Waals surface area contributed by atoms with Gasteiger partial charge in [-0.3, -0.25) is 4.79 Å². The zero-order valence-corrected chi connectivity index (χ0v) is 11.9. The summed E-state index contributed by atoms with van der Waals surface area (Å²) in [5.74, 6) is -0.541. The minimum Gasteiger partial charge on any atom is -0.466 e. The van der Waals surface area contributed by atoms with E-state index in [0.29, 0.717) is 29.5 Å². The lowest BCUT2D eigenvalue weighted by molar-refractivity contribution is -0.143. The highest BCUT2D eigenvalue weighted by atomic mass is 79.9. The van der Waals surface area contributed by atoms with Crippen LogP contribution in [0.1, 0.15) is 25.3 Å². The Morgan fingerprint density at radius 1 is 1.56 bits per heavy atom. The molecule has 1 unspecified atom stereocenters. The molecule has 1 aromatic rings. The number of esters is 1. The van der Waals surface area contributed by atoms with Crippen LogP contribution in [0.25, 0.3) is 0 Å². The van der Waals surface area contributed by atoms with Gasteiger partial charge in [0.15, 0.2) is 0 Å². The molecule has 3 nitrogen and oxygen atoms in total. The Morgan fingerprint density at radius 3 is 2.89 bits per heavy atom. The number of ether oxygens (including phenoxy) is 1. The van der Waals surface area contributed by atoms with E-state index in [2.05, 4.69) is 15.9 Å². The summed E-state index contributed by atoms with van der Waals surface area (Å²) >= 11 is 3.20. The first kappa shape index (κ1) is 15.1. The third-order valence-electron chi connectivity index (χ3n) is 2.52. The largest absolute Gasteiger partial charge is 0.466 e. The van der Waals surface area contributed by atoms with Crippen molar-refractivity contribution in [2.45, 2.75) is 32.2 Å². The average Bonchev–Trinajstić information content (AvgIpc) is 2.31. The molecule has 0 saturated carbocycles. The molecule has 0 aliphatic heterocycles. The fourth-order valence-electron chi connectivity index (χ4n) is 1.61. The van der Waals surface area contributed by atoms with Gasteiger partial charge < -0.3 is 10.5 Å². The van der Waals surface area contributed by atoms with E-state index < -0.39 is 0 Å². The van der Waals surface area contributed by atoms with Gasteiger partial charge >= 0.3 is 5.97 Å². The molecular formula is C13H17BrFNO2. The predicted octanol–water partition coefficient (Wildman–Crippen LogP) is 2.80. The first-order chi connectivity index (χ1) is 8.52. The Morgan fingerprint density at radius 2 is 2.28 bits per heavy atom. The van der Waals surface area contributed by atoms with Gasteiger partial charge in [-0.1, -0.05) is 22.0 Å². The number of carbonyl (C=O) groups is 1. The van der Waals surface area contributed by atoms with E-state index in [1.54, 1.807) is 19.1 Å². The highest BCUT2D eigenvalue weighted by Gasteiger charge is 2.11. The zero-order chi connectivity index (χ0) is 13.5. The summed E-state index contributed by atoms with van der Waals surface area (Å²) in [6, 6.07) is 4.64. The number of hydrogen-bond donors (Lipinski definition) is 1. The van der Waals surface area contributed by atoms with Gasteiger partial charge in [-0.25, -0.2) is 4.39 Å². The molecule has 2 N–H and O–H groups in total. The van der Waals surface area contributed by atoms with Crippen LogP contribution in [0.3, 0.4) is 0 Å². The summed E-state index contributed by atoms with van der Waals surface area (Å²) in [5.41, 5.74) is 6.44. The van der Waals surface area contributed by atoms with E-state index in [-0.39, 0.29) is 24.2 Å². The number of benzene rings is 1. The van der Waals surface area contributed by atoms with Gasteiger partial charge in [-0.15, -0.1) is 0 Å². The topological polar surface area (TPSA) is 52.3 Å². The van der Waals surface area contributed by atoms with E-state index in [4.69, 9.17) is 10.5 Å². The summed E-state index contributed by atoms with van der Waals surface area (Å²) in [6.45, 7) is 2.13. The van der Waals surface area contributed by atoms with Gasteiger partial charge in [-0.05, 0) is 37.5 Å². The fourth-order valence-corrected chi connectivity index (χ4v) is 1.94. The van der Waals surface area contributed by atoms with Crippen LogP contribution in [0.2, 0.25) is 0 Å². The molecule has 0 spiro atoms. The van der Waals surface area contributed by atoms with Gasteiger partial charge in [0.2, 0.25) is 0 Å². The maximum absolute atomic E-state index is 13.6. The third kappa shape index (κ3) is 5.14. The lowest BCUT2D eigenvalue weighted by Gasteiger charge is -2.12. The SMILES string of the molecule is CCOC(=O)CCC(N)Cc1ccc(Br)cc1F. The van der Waals surface area contributed by atoms with Crippen LogP contribution in [0, 0.1) is 5.82 Å². The van der Waals surface area contributed by atoms with E-state index in [1.807, 2.05) is 0 Å². The number of halogens is 2. The van der Waals surface area contributed by atoms with Crippen LogP contribution in [0.15, 0.2) is 22.7 Å². The fraction of sp³-hybridized carbons (Fsp3) is 0.462. The van der Waals surface area contributed by atoms with Gasteiger partial charge in [-0.2, -0.15) is 0 Å². The van der Waals surface area contributed by atoms with Crippen LogP contribution in [0.4, 0.5) is 4.39 Å². The number of carbonyl (C=O) groups excluding carboxylic acids is 1. The molecule has 0 heterocycles. The minimum atomic E-state index is -0.282. The summed E-state index contributed by atoms with van der Waals surface area (Å²) < 4.78 is 19.1. The standard InChI is InChI=1S/C13H17BrFNO2/c1-2-18-13(17)6-5-11(16)7-9-3-4-10(14)8-12(9)15/h3-4,8,11H,2,5-7,16H2,1H3. The van der Waals surface area contributed by atoms with Crippen molar-refractivity contribution < 1.29 is 13.9 Å². The van der Waals surface area contributed by atoms with E-state index in [0.717, 1.165) is 0 Å². The lowest BCUT2D eigenvalue weighted by Crippen LogP contribution is -2.24. The molecule has 100 valence electrons. The Hall–Kier alpha value is -0.940. The Kier molecular flexibility index (Phi) is 6.29. The van der Waals surface area contributed by atoms with E-state index in [1.165, 1.54) is 6.07 Å². The maximum Gasteiger partial charge on any atom is 0.305 e. The lowest BCUT2D eigenvalue weighted by atomic mass is 10.0. The molecule has 0 aromatic heterocycles. The van der Waals surface area contributed by atoms with E-state index >= 15 is 0 Å². The number of rotatable bonds is 6. The first-order valence-electron chi connectivity index (χ1n) is 5.88. The van der Waals surface area contributed by atoms with Gasteiger partial charge in [0.25, 0.3) is 0 Å². The second-order valence-electron chi connectivity index (χ2n) is 4.04. The molecule has 1 atom stereocenters. The molecule has 5 heteroatoms. The molecule has 1 rings (SSSR count). The molecule has 18 heavy (non-hydrogen) atoms. The average molecular weight is 318 g/mol. The predicted molar refractivity (Wildman–Crippen MR) is 71.6 cm³/mol. The monoisotopic (exact) mass is 317 g/mol. The van der Waals surface area contributed by atoms with E-state index in [9.17, 15) is 9.18 Å². The van der Waals surface area contributed by atoms with Crippen molar-refractivity contribution in [1.29, 1.82) is 0 Å². The molecule has 1 aromatic carbocycles. The Bertz CT molecular complexity index is 412.